The fraction of sp³-hybridized carbons (Fsp3) is 0.286. The summed E-state index contributed by atoms with van der Waals surface area (Å²) >= 11 is 6.19. The normalized spacial score (nSPS) is 16.3. The van der Waals surface area contributed by atoms with E-state index in [1.807, 2.05) is 42.2 Å². The van der Waals surface area contributed by atoms with Crippen molar-refractivity contribution in [3.8, 4) is 0 Å². The van der Waals surface area contributed by atoms with Crippen molar-refractivity contribution in [2.45, 2.75) is 32.9 Å². The lowest BCUT2D eigenvalue weighted by Gasteiger charge is -2.32. The maximum absolute atomic E-state index is 12.9. The SMILES string of the molecule is Cc1ccc(C(=O)N2Cc3nnc(Cc4ccccc4)n3[C@@H](C)C2)cc1Cl. The van der Waals surface area contributed by atoms with E-state index < -0.39 is 0 Å². The first-order chi connectivity index (χ1) is 13.0. The van der Waals surface area contributed by atoms with Gasteiger partial charge in [-0.3, -0.25) is 4.79 Å². The maximum Gasteiger partial charge on any atom is 0.254 e. The minimum atomic E-state index is -0.0254. The first-order valence-electron chi connectivity index (χ1n) is 9.05. The number of rotatable bonds is 3. The fourth-order valence-electron chi connectivity index (χ4n) is 3.58. The van der Waals surface area contributed by atoms with Crippen LogP contribution in [-0.2, 0) is 13.0 Å². The van der Waals surface area contributed by atoms with Crippen LogP contribution in [0.25, 0.3) is 0 Å². The van der Waals surface area contributed by atoms with Crippen molar-refractivity contribution < 1.29 is 4.79 Å². The highest BCUT2D eigenvalue weighted by Crippen LogP contribution is 2.25. The van der Waals surface area contributed by atoms with E-state index in [0.29, 0.717) is 23.7 Å². The number of amides is 1. The number of halogens is 1. The van der Waals surface area contributed by atoms with Crippen LogP contribution in [0.4, 0.5) is 0 Å². The Morgan fingerprint density at radius 1 is 1.19 bits per heavy atom. The van der Waals surface area contributed by atoms with Crippen LogP contribution in [0, 0.1) is 6.92 Å². The molecule has 2 aromatic carbocycles. The summed E-state index contributed by atoms with van der Waals surface area (Å²) in [6, 6.07) is 15.8. The van der Waals surface area contributed by atoms with Crippen LogP contribution < -0.4 is 0 Å². The standard InChI is InChI=1S/C21H21ClN4O/c1-14-8-9-17(11-18(14)22)21(27)25-12-15(2)26-19(23-24-20(26)13-25)10-16-6-4-3-5-7-16/h3-9,11,15H,10,12-13H2,1-2H3/t15-/m0/s1. The predicted molar refractivity (Wildman–Crippen MR) is 105 cm³/mol. The highest BCUT2D eigenvalue weighted by Gasteiger charge is 2.29. The van der Waals surface area contributed by atoms with E-state index in [1.165, 1.54) is 5.56 Å². The summed E-state index contributed by atoms with van der Waals surface area (Å²) < 4.78 is 2.17. The van der Waals surface area contributed by atoms with E-state index in [0.717, 1.165) is 23.6 Å². The Morgan fingerprint density at radius 3 is 2.70 bits per heavy atom. The highest BCUT2D eigenvalue weighted by molar-refractivity contribution is 6.31. The molecule has 0 spiro atoms. The van der Waals surface area contributed by atoms with Crippen LogP contribution in [0.1, 0.15) is 46.1 Å². The van der Waals surface area contributed by atoms with Crippen LogP contribution >= 0.6 is 11.6 Å². The zero-order chi connectivity index (χ0) is 19.0. The fourth-order valence-corrected chi connectivity index (χ4v) is 3.76. The second kappa shape index (κ2) is 7.16. The second-order valence-electron chi connectivity index (χ2n) is 7.06. The highest BCUT2D eigenvalue weighted by atomic mass is 35.5. The molecule has 0 saturated heterocycles. The molecule has 1 amide bonds. The largest absolute Gasteiger partial charge is 0.329 e. The number of fused-ring (bicyclic) bond motifs is 1. The molecule has 0 aliphatic carbocycles. The summed E-state index contributed by atoms with van der Waals surface area (Å²) in [5.74, 6) is 1.74. The Kier molecular flexibility index (Phi) is 4.70. The van der Waals surface area contributed by atoms with E-state index in [-0.39, 0.29) is 11.9 Å². The molecule has 0 bridgehead atoms. The molecule has 3 aromatic rings. The molecule has 1 aliphatic heterocycles. The molecule has 4 rings (SSSR count). The number of hydrogen-bond acceptors (Lipinski definition) is 3. The van der Waals surface area contributed by atoms with E-state index in [2.05, 4.69) is 33.8 Å². The number of aromatic nitrogens is 3. The van der Waals surface area contributed by atoms with Gasteiger partial charge in [0.25, 0.3) is 5.91 Å². The summed E-state index contributed by atoms with van der Waals surface area (Å²) in [5.41, 5.74) is 2.77. The lowest BCUT2D eigenvalue weighted by Crippen LogP contribution is -2.40. The molecular formula is C21H21ClN4O. The van der Waals surface area contributed by atoms with Crippen molar-refractivity contribution >= 4 is 17.5 Å². The molecule has 5 nitrogen and oxygen atoms in total. The number of benzene rings is 2. The number of aryl methyl sites for hydroxylation is 1. The minimum absolute atomic E-state index is 0.0254. The molecule has 1 atom stereocenters. The van der Waals surface area contributed by atoms with Crippen molar-refractivity contribution in [1.29, 1.82) is 0 Å². The Hall–Kier alpha value is -2.66. The van der Waals surface area contributed by atoms with E-state index in [1.54, 1.807) is 6.07 Å². The summed E-state index contributed by atoms with van der Waals surface area (Å²) in [5, 5.41) is 9.35. The van der Waals surface area contributed by atoms with Crippen LogP contribution in [0.5, 0.6) is 0 Å². The van der Waals surface area contributed by atoms with Gasteiger partial charge in [-0.1, -0.05) is 48.0 Å². The molecule has 0 saturated carbocycles. The lowest BCUT2D eigenvalue weighted by molar-refractivity contribution is 0.0680. The Morgan fingerprint density at radius 2 is 1.96 bits per heavy atom. The van der Waals surface area contributed by atoms with Crippen LogP contribution in [-0.4, -0.2) is 32.1 Å². The molecule has 0 N–H and O–H groups in total. The van der Waals surface area contributed by atoms with Gasteiger partial charge < -0.3 is 9.47 Å². The second-order valence-corrected chi connectivity index (χ2v) is 7.47. The van der Waals surface area contributed by atoms with Gasteiger partial charge >= 0.3 is 0 Å². The number of carbonyl (C=O) groups is 1. The van der Waals surface area contributed by atoms with Gasteiger partial charge in [0, 0.05) is 23.6 Å². The Bertz CT molecular complexity index is 983. The van der Waals surface area contributed by atoms with Gasteiger partial charge in [0.2, 0.25) is 0 Å². The monoisotopic (exact) mass is 380 g/mol. The molecule has 138 valence electrons. The van der Waals surface area contributed by atoms with Gasteiger partial charge in [0.05, 0.1) is 12.6 Å². The lowest BCUT2D eigenvalue weighted by atomic mass is 10.1. The third-order valence-electron chi connectivity index (χ3n) is 5.01. The van der Waals surface area contributed by atoms with Gasteiger partial charge in [0.15, 0.2) is 5.82 Å². The Balaban J connectivity index is 1.57. The number of hydrogen-bond donors (Lipinski definition) is 0. The van der Waals surface area contributed by atoms with Gasteiger partial charge in [-0.15, -0.1) is 10.2 Å². The van der Waals surface area contributed by atoms with Gasteiger partial charge in [-0.2, -0.15) is 0 Å². The smallest absolute Gasteiger partial charge is 0.254 e. The zero-order valence-corrected chi connectivity index (χ0v) is 16.1. The van der Waals surface area contributed by atoms with E-state index in [4.69, 9.17) is 11.6 Å². The zero-order valence-electron chi connectivity index (χ0n) is 15.4. The third kappa shape index (κ3) is 3.47. The first-order valence-corrected chi connectivity index (χ1v) is 9.42. The van der Waals surface area contributed by atoms with Crippen molar-refractivity contribution in [3.05, 3.63) is 81.9 Å². The minimum Gasteiger partial charge on any atom is -0.329 e. The van der Waals surface area contributed by atoms with Crippen LogP contribution in [0.3, 0.4) is 0 Å². The molecule has 0 fully saturated rings. The van der Waals surface area contributed by atoms with Crippen molar-refractivity contribution in [3.63, 3.8) is 0 Å². The maximum atomic E-state index is 12.9. The molecule has 1 aliphatic rings. The summed E-state index contributed by atoms with van der Waals surface area (Å²) in [6.07, 6.45) is 0.736. The Labute approximate surface area is 163 Å². The molecule has 2 heterocycles. The van der Waals surface area contributed by atoms with Crippen molar-refractivity contribution in [1.82, 2.24) is 19.7 Å². The molecule has 1 aromatic heterocycles. The molecular weight excluding hydrogens is 360 g/mol. The number of nitrogens with zero attached hydrogens (tertiary/aromatic N) is 4. The molecule has 27 heavy (non-hydrogen) atoms. The third-order valence-corrected chi connectivity index (χ3v) is 5.41. The van der Waals surface area contributed by atoms with Crippen molar-refractivity contribution in [2.75, 3.05) is 6.54 Å². The molecule has 0 unspecified atom stereocenters. The predicted octanol–water partition coefficient (Wildman–Crippen LogP) is 4.05. The van der Waals surface area contributed by atoms with E-state index in [9.17, 15) is 4.79 Å². The topological polar surface area (TPSA) is 51.0 Å². The van der Waals surface area contributed by atoms with Gasteiger partial charge in [-0.25, -0.2) is 0 Å². The van der Waals surface area contributed by atoms with Crippen LogP contribution in [0.2, 0.25) is 5.02 Å². The average Bonchev–Trinajstić information content (AvgIpc) is 3.07. The van der Waals surface area contributed by atoms with Crippen LogP contribution in [0.15, 0.2) is 48.5 Å². The van der Waals surface area contributed by atoms with Gasteiger partial charge in [-0.05, 0) is 37.1 Å². The van der Waals surface area contributed by atoms with E-state index >= 15 is 0 Å². The van der Waals surface area contributed by atoms with Crippen molar-refractivity contribution in [2.24, 2.45) is 0 Å². The quantitative estimate of drug-likeness (QED) is 0.688. The molecule has 6 heteroatoms. The summed E-state index contributed by atoms with van der Waals surface area (Å²) in [6.45, 7) is 5.10. The first kappa shape index (κ1) is 17.7. The molecule has 0 radical (unpaired) electrons. The summed E-state index contributed by atoms with van der Waals surface area (Å²) in [7, 11) is 0. The van der Waals surface area contributed by atoms with Gasteiger partial charge in [0.1, 0.15) is 5.82 Å². The summed E-state index contributed by atoms with van der Waals surface area (Å²) in [4.78, 5) is 14.7. The average molecular weight is 381 g/mol. The number of carbonyl (C=O) groups excluding carboxylic acids is 1.